The van der Waals surface area contributed by atoms with Gasteiger partial charge in [-0.15, -0.1) is 0 Å². The molecule has 0 radical (unpaired) electrons. The zero-order chi connectivity index (χ0) is 8.97. The van der Waals surface area contributed by atoms with Gasteiger partial charge in [0, 0.05) is 0 Å². The number of carbonyl (C=O) groups is 2. The van der Waals surface area contributed by atoms with Gasteiger partial charge >= 0.3 is 5.97 Å². The summed E-state index contributed by atoms with van der Waals surface area (Å²) in [6.45, 7) is 1.87. The first-order valence-corrected chi connectivity index (χ1v) is 4.33. The molecule has 1 aliphatic rings. The van der Waals surface area contributed by atoms with E-state index in [2.05, 4.69) is 0 Å². The monoisotopic (exact) mass is 170 g/mol. The molecule has 3 nitrogen and oxygen atoms in total. The fraction of sp³-hybridized carbons (Fsp3) is 0.778. The van der Waals surface area contributed by atoms with E-state index in [-0.39, 0.29) is 18.2 Å². The highest BCUT2D eigenvalue weighted by molar-refractivity contribution is 5.94. The molecule has 1 saturated carbocycles. The summed E-state index contributed by atoms with van der Waals surface area (Å²) in [6.07, 6.45) is 3.42. The number of rotatable bonds is 5. The molecule has 68 valence electrons. The van der Waals surface area contributed by atoms with Crippen LogP contribution < -0.4 is 0 Å². The van der Waals surface area contributed by atoms with Crippen LogP contribution in [-0.2, 0) is 14.3 Å². The van der Waals surface area contributed by atoms with Crippen LogP contribution >= 0.6 is 0 Å². The summed E-state index contributed by atoms with van der Waals surface area (Å²) in [6, 6.07) is 0. The van der Waals surface area contributed by atoms with Gasteiger partial charge in [0.1, 0.15) is 12.2 Å². The van der Waals surface area contributed by atoms with Crippen molar-refractivity contribution in [3.05, 3.63) is 0 Å². The maximum atomic E-state index is 10.8. The second kappa shape index (κ2) is 4.24. The average Bonchev–Trinajstić information content (AvgIpc) is 2.69. The van der Waals surface area contributed by atoms with Gasteiger partial charge in [0.15, 0.2) is 0 Å². The number of esters is 1. The first-order chi connectivity index (χ1) is 5.68. The molecule has 0 aliphatic heterocycles. The summed E-state index contributed by atoms with van der Waals surface area (Å²) in [5.74, 6) is 0.254. The van der Waals surface area contributed by atoms with Crippen LogP contribution in [0.15, 0.2) is 0 Å². The number of hydrogen-bond donors (Lipinski definition) is 0. The highest BCUT2D eigenvalue weighted by atomic mass is 16.5. The summed E-state index contributed by atoms with van der Waals surface area (Å²) < 4.78 is 4.84. The molecule has 3 heteroatoms. The molecule has 0 saturated heterocycles. The van der Waals surface area contributed by atoms with E-state index in [1.807, 2.05) is 0 Å². The molecule has 0 N–H and O–H groups in total. The Kier molecular flexibility index (Phi) is 3.26. The minimum atomic E-state index is -0.386. The summed E-state index contributed by atoms with van der Waals surface area (Å²) in [5.41, 5.74) is 0. The van der Waals surface area contributed by atoms with E-state index in [1.165, 1.54) is 19.8 Å². The first kappa shape index (κ1) is 9.23. The molecule has 1 rings (SSSR count). The second-order valence-electron chi connectivity index (χ2n) is 3.33. The second-order valence-corrected chi connectivity index (χ2v) is 3.33. The Labute approximate surface area is 72.1 Å². The summed E-state index contributed by atoms with van der Waals surface area (Å²) >= 11 is 0. The molecule has 0 amide bonds. The van der Waals surface area contributed by atoms with Crippen molar-refractivity contribution in [3.8, 4) is 0 Å². The third-order valence-electron chi connectivity index (χ3n) is 1.88. The molecule has 0 unspecified atom stereocenters. The van der Waals surface area contributed by atoms with E-state index < -0.39 is 0 Å². The van der Waals surface area contributed by atoms with Gasteiger partial charge in [-0.3, -0.25) is 9.59 Å². The van der Waals surface area contributed by atoms with Crippen molar-refractivity contribution in [1.82, 2.24) is 0 Å². The van der Waals surface area contributed by atoms with Crippen molar-refractivity contribution in [2.75, 3.05) is 6.61 Å². The maximum absolute atomic E-state index is 10.8. The number of Topliss-reactive ketones (excluding diaryl/α,β-unsaturated/α-hetero) is 1. The molecule has 1 aliphatic carbocycles. The van der Waals surface area contributed by atoms with E-state index in [0.29, 0.717) is 6.61 Å². The van der Waals surface area contributed by atoms with E-state index >= 15 is 0 Å². The highest BCUT2D eigenvalue weighted by Gasteiger charge is 2.21. The summed E-state index contributed by atoms with van der Waals surface area (Å²) in [5, 5.41) is 0. The first-order valence-electron chi connectivity index (χ1n) is 4.33. The summed E-state index contributed by atoms with van der Waals surface area (Å²) in [4.78, 5) is 21.3. The zero-order valence-corrected chi connectivity index (χ0v) is 7.34. The molecular weight excluding hydrogens is 156 g/mol. The van der Waals surface area contributed by atoms with Gasteiger partial charge in [-0.25, -0.2) is 0 Å². The number of ether oxygens (including phenoxy) is 1. The summed E-state index contributed by atoms with van der Waals surface area (Å²) in [7, 11) is 0. The highest BCUT2D eigenvalue weighted by Crippen LogP contribution is 2.32. The Bertz CT molecular complexity index is 182. The van der Waals surface area contributed by atoms with Crippen molar-refractivity contribution in [2.24, 2.45) is 5.92 Å². The van der Waals surface area contributed by atoms with Crippen LogP contribution in [0.25, 0.3) is 0 Å². The van der Waals surface area contributed by atoms with Crippen molar-refractivity contribution < 1.29 is 14.3 Å². The average molecular weight is 170 g/mol. The van der Waals surface area contributed by atoms with Crippen molar-refractivity contribution in [1.29, 1.82) is 0 Å². The van der Waals surface area contributed by atoms with Crippen LogP contribution in [0, 0.1) is 5.92 Å². The van der Waals surface area contributed by atoms with Crippen LogP contribution in [0.2, 0.25) is 0 Å². The Morgan fingerprint density at radius 1 is 1.42 bits per heavy atom. The lowest BCUT2D eigenvalue weighted by atomic mass is 10.3. The predicted molar refractivity (Wildman–Crippen MR) is 43.6 cm³/mol. The molecule has 0 bridgehead atoms. The lowest BCUT2D eigenvalue weighted by Gasteiger charge is -2.01. The Hall–Kier alpha value is -0.860. The van der Waals surface area contributed by atoms with E-state index in [4.69, 9.17) is 4.74 Å². The van der Waals surface area contributed by atoms with Gasteiger partial charge in [-0.05, 0) is 19.3 Å². The topological polar surface area (TPSA) is 43.4 Å². The van der Waals surface area contributed by atoms with Gasteiger partial charge in [0.05, 0.1) is 6.61 Å². The Balaban J connectivity index is 1.97. The third-order valence-corrected chi connectivity index (χ3v) is 1.88. The van der Waals surface area contributed by atoms with E-state index in [1.54, 1.807) is 0 Å². The van der Waals surface area contributed by atoms with Crippen molar-refractivity contribution >= 4 is 11.8 Å². The largest absolute Gasteiger partial charge is 0.465 e. The lowest BCUT2D eigenvalue weighted by Crippen LogP contribution is -2.09. The number of hydrogen-bond acceptors (Lipinski definition) is 3. The molecule has 1 fully saturated rings. The molecule has 12 heavy (non-hydrogen) atoms. The van der Waals surface area contributed by atoms with Crippen LogP contribution in [0.4, 0.5) is 0 Å². The normalized spacial score (nSPS) is 15.8. The van der Waals surface area contributed by atoms with E-state index in [9.17, 15) is 9.59 Å². The molecular formula is C9H14O3. The smallest absolute Gasteiger partial charge is 0.313 e. The molecule has 0 spiro atoms. The van der Waals surface area contributed by atoms with Gasteiger partial charge in [-0.1, -0.05) is 12.8 Å². The predicted octanol–water partition coefficient (Wildman–Crippen LogP) is 1.31. The molecule has 0 aromatic carbocycles. The van der Waals surface area contributed by atoms with E-state index in [0.717, 1.165) is 12.3 Å². The van der Waals surface area contributed by atoms with Crippen molar-refractivity contribution in [3.63, 3.8) is 0 Å². The maximum Gasteiger partial charge on any atom is 0.313 e. The van der Waals surface area contributed by atoms with Gasteiger partial charge in [0.2, 0.25) is 0 Å². The fourth-order valence-corrected chi connectivity index (χ4v) is 1.00. The zero-order valence-electron chi connectivity index (χ0n) is 7.34. The quantitative estimate of drug-likeness (QED) is 0.461. The van der Waals surface area contributed by atoms with Crippen LogP contribution in [-0.4, -0.2) is 18.4 Å². The van der Waals surface area contributed by atoms with Crippen LogP contribution in [0.1, 0.15) is 32.6 Å². The number of carbonyl (C=O) groups excluding carboxylic acids is 2. The fourth-order valence-electron chi connectivity index (χ4n) is 1.00. The third kappa shape index (κ3) is 4.11. The van der Waals surface area contributed by atoms with Crippen LogP contribution in [0.5, 0.6) is 0 Å². The van der Waals surface area contributed by atoms with Crippen LogP contribution in [0.3, 0.4) is 0 Å². The molecule has 0 atom stereocenters. The lowest BCUT2D eigenvalue weighted by molar-refractivity contribution is -0.145. The minimum Gasteiger partial charge on any atom is -0.465 e. The molecule has 0 aromatic heterocycles. The molecule has 0 aromatic rings. The standard InChI is InChI=1S/C9H14O3/c1-7(10)6-9(11)12-5-4-8-2-3-8/h8H,2-6H2,1H3. The van der Waals surface area contributed by atoms with Gasteiger partial charge in [0.25, 0.3) is 0 Å². The van der Waals surface area contributed by atoms with Gasteiger partial charge in [-0.2, -0.15) is 0 Å². The van der Waals surface area contributed by atoms with Crippen molar-refractivity contribution in [2.45, 2.75) is 32.6 Å². The van der Waals surface area contributed by atoms with Gasteiger partial charge < -0.3 is 4.74 Å². The Morgan fingerprint density at radius 3 is 2.58 bits per heavy atom. The Morgan fingerprint density at radius 2 is 2.08 bits per heavy atom. The number of ketones is 1. The molecule has 0 heterocycles. The minimum absolute atomic E-state index is 0.0787. The SMILES string of the molecule is CC(=O)CC(=O)OCCC1CC1.